The normalized spacial score (nSPS) is 11.5. The monoisotopic (exact) mass is 345 g/mol. The minimum atomic E-state index is -3.29. The number of rotatable bonds is 5. The maximum atomic E-state index is 11.6. The highest BCUT2D eigenvalue weighted by Crippen LogP contribution is 2.19. The first-order valence-electron chi connectivity index (χ1n) is 7.08. The second-order valence-corrected chi connectivity index (χ2v) is 7.35. The van der Waals surface area contributed by atoms with Gasteiger partial charge in [-0.25, -0.2) is 18.2 Å². The van der Waals surface area contributed by atoms with Gasteiger partial charge in [-0.3, -0.25) is 4.40 Å². The zero-order chi connectivity index (χ0) is 17.3. The number of fused-ring (bicyclic) bond motifs is 1. The van der Waals surface area contributed by atoms with Gasteiger partial charge in [0.1, 0.15) is 5.65 Å². The molecule has 0 amide bonds. The number of imidazole rings is 1. The Hall–Kier alpha value is -2.87. The Kier molecular flexibility index (Phi) is 3.98. The van der Waals surface area contributed by atoms with E-state index in [2.05, 4.69) is 10.3 Å². The summed E-state index contributed by atoms with van der Waals surface area (Å²) >= 11 is 0. The molecule has 0 unspecified atom stereocenters. The Morgan fingerprint density at radius 3 is 2.79 bits per heavy atom. The molecule has 0 radical (unpaired) electrons. The number of nitrogens with one attached hydrogen (secondary N) is 1. The van der Waals surface area contributed by atoms with Gasteiger partial charge >= 0.3 is 5.97 Å². The number of pyridine rings is 1. The van der Waals surface area contributed by atoms with Gasteiger partial charge in [-0.2, -0.15) is 0 Å². The van der Waals surface area contributed by atoms with E-state index in [1.807, 2.05) is 0 Å². The number of carboxylic acid groups (broad SMARTS) is 1. The molecule has 0 bridgehead atoms. The third kappa shape index (κ3) is 3.09. The third-order valence-corrected chi connectivity index (χ3v) is 4.69. The molecule has 2 aromatic heterocycles. The van der Waals surface area contributed by atoms with Crippen molar-refractivity contribution in [2.45, 2.75) is 11.4 Å². The first-order chi connectivity index (χ1) is 11.4. The lowest BCUT2D eigenvalue weighted by Gasteiger charge is -2.12. The van der Waals surface area contributed by atoms with E-state index >= 15 is 0 Å². The Balaban J connectivity index is 1.91. The van der Waals surface area contributed by atoms with Gasteiger partial charge in [-0.1, -0.05) is 12.1 Å². The van der Waals surface area contributed by atoms with Gasteiger partial charge in [0.2, 0.25) is 0 Å². The van der Waals surface area contributed by atoms with Crippen LogP contribution in [0.4, 0.5) is 5.69 Å². The van der Waals surface area contributed by atoms with Crippen molar-refractivity contribution in [3.8, 4) is 0 Å². The molecule has 124 valence electrons. The molecular weight excluding hydrogens is 330 g/mol. The molecule has 1 aromatic carbocycles. The maximum Gasteiger partial charge on any atom is 0.355 e. The molecule has 0 saturated carbocycles. The molecule has 7 nitrogen and oxygen atoms in total. The van der Waals surface area contributed by atoms with Crippen LogP contribution in [0.15, 0.2) is 53.7 Å². The quantitative estimate of drug-likeness (QED) is 0.734. The number of sulfone groups is 1. The summed E-state index contributed by atoms with van der Waals surface area (Å²) in [5, 5.41) is 12.5. The van der Waals surface area contributed by atoms with Crippen molar-refractivity contribution in [2.75, 3.05) is 11.6 Å². The van der Waals surface area contributed by atoms with Crippen LogP contribution in [0.1, 0.15) is 16.1 Å². The second kappa shape index (κ2) is 5.97. The molecule has 0 aliphatic rings. The zero-order valence-corrected chi connectivity index (χ0v) is 13.6. The van der Waals surface area contributed by atoms with E-state index in [1.165, 1.54) is 16.7 Å². The number of benzene rings is 1. The van der Waals surface area contributed by atoms with Crippen LogP contribution >= 0.6 is 0 Å². The Morgan fingerprint density at radius 2 is 2.08 bits per heavy atom. The van der Waals surface area contributed by atoms with Crippen LogP contribution in [0.25, 0.3) is 5.65 Å². The highest BCUT2D eigenvalue weighted by atomic mass is 32.2. The molecule has 0 aliphatic carbocycles. The van der Waals surface area contributed by atoms with Crippen molar-refractivity contribution >= 4 is 27.1 Å². The number of hydrogen-bond acceptors (Lipinski definition) is 5. The van der Waals surface area contributed by atoms with E-state index in [1.54, 1.807) is 36.5 Å². The van der Waals surface area contributed by atoms with E-state index < -0.39 is 15.8 Å². The minimum Gasteiger partial charge on any atom is -0.476 e. The van der Waals surface area contributed by atoms with Gasteiger partial charge in [-0.15, -0.1) is 0 Å². The predicted octanol–water partition coefficient (Wildman–Crippen LogP) is 2.05. The van der Waals surface area contributed by atoms with Gasteiger partial charge in [0, 0.05) is 25.2 Å². The second-order valence-electron chi connectivity index (χ2n) is 5.33. The zero-order valence-electron chi connectivity index (χ0n) is 12.8. The van der Waals surface area contributed by atoms with Gasteiger partial charge < -0.3 is 10.4 Å². The highest BCUT2D eigenvalue weighted by molar-refractivity contribution is 7.90. The number of aromatic carboxylic acids is 1. The van der Waals surface area contributed by atoms with Crippen LogP contribution in [0.3, 0.4) is 0 Å². The molecule has 0 saturated heterocycles. The molecule has 0 atom stereocenters. The molecular formula is C16H15N3O4S. The number of carboxylic acids is 1. The average molecular weight is 345 g/mol. The van der Waals surface area contributed by atoms with Crippen LogP contribution in [-0.4, -0.2) is 35.1 Å². The molecule has 3 rings (SSSR count). The standard InChI is InChI=1S/C16H15N3O4S/c1-24(22,23)12-4-2-3-11(9-12)10-18-13-5-6-14-17-7-8-19(14)15(13)16(20)21/h2-9,18H,10H2,1H3,(H,20,21). The fourth-order valence-corrected chi connectivity index (χ4v) is 3.13. The van der Waals surface area contributed by atoms with Crippen LogP contribution in [0.5, 0.6) is 0 Å². The summed E-state index contributed by atoms with van der Waals surface area (Å²) < 4.78 is 24.7. The van der Waals surface area contributed by atoms with Crippen molar-refractivity contribution in [3.63, 3.8) is 0 Å². The lowest BCUT2D eigenvalue weighted by Crippen LogP contribution is -2.11. The van der Waals surface area contributed by atoms with Crippen LogP contribution in [0, 0.1) is 0 Å². The van der Waals surface area contributed by atoms with Gasteiger partial charge in [0.25, 0.3) is 0 Å². The summed E-state index contributed by atoms with van der Waals surface area (Å²) in [6.45, 7) is 0.295. The van der Waals surface area contributed by atoms with Gasteiger partial charge in [-0.05, 0) is 29.8 Å². The van der Waals surface area contributed by atoms with E-state index in [0.717, 1.165) is 11.8 Å². The summed E-state index contributed by atoms with van der Waals surface area (Å²) in [4.78, 5) is 15.9. The smallest absolute Gasteiger partial charge is 0.355 e. The summed E-state index contributed by atoms with van der Waals surface area (Å²) in [6.07, 6.45) is 4.25. The van der Waals surface area contributed by atoms with E-state index in [9.17, 15) is 18.3 Å². The molecule has 2 N–H and O–H groups in total. The molecule has 8 heteroatoms. The number of anilines is 1. The van der Waals surface area contributed by atoms with Crippen molar-refractivity contribution < 1.29 is 18.3 Å². The molecule has 0 spiro atoms. The van der Waals surface area contributed by atoms with Gasteiger partial charge in [0.05, 0.1) is 10.6 Å². The largest absolute Gasteiger partial charge is 0.476 e. The minimum absolute atomic E-state index is 0.0734. The lowest BCUT2D eigenvalue weighted by molar-refractivity contribution is 0.0690. The predicted molar refractivity (Wildman–Crippen MR) is 89.0 cm³/mol. The Bertz CT molecular complexity index is 1020. The highest BCUT2D eigenvalue weighted by Gasteiger charge is 2.15. The fraction of sp³-hybridized carbons (Fsp3) is 0.125. The molecule has 3 aromatic rings. The first-order valence-corrected chi connectivity index (χ1v) is 8.97. The summed E-state index contributed by atoms with van der Waals surface area (Å²) in [7, 11) is -3.29. The number of nitrogens with zero attached hydrogens (tertiary/aromatic N) is 2. The van der Waals surface area contributed by atoms with Crippen LogP contribution in [0.2, 0.25) is 0 Å². The van der Waals surface area contributed by atoms with Crippen LogP contribution in [-0.2, 0) is 16.4 Å². The number of carbonyl (C=O) groups is 1. The summed E-state index contributed by atoms with van der Waals surface area (Å²) in [6, 6.07) is 9.88. The summed E-state index contributed by atoms with van der Waals surface area (Å²) in [5.74, 6) is -1.08. The molecule has 2 heterocycles. The van der Waals surface area contributed by atoms with E-state index in [0.29, 0.717) is 17.9 Å². The topological polar surface area (TPSA) is 101 Å². The van der Waals surface area contributed by atoms with Crippen molar-refractivity contribution in [1.29, 1.82) is 0 Å². The summed E-state index contributed by atoms with van der Waals surface area (Å²) in [5.41, 5.74) is 1.78. The third-order valence-electron chi connectivity index (χ3n) is 3.58. The Labute approximate surface area is 138 Å². The molecule has 24 heavy (non-hydrogen) atoms. The van der Waals surface area contributed by atoms with Crippen LogP contribution < -0.4 is 5.32 Å². The molecule has 0 fully saturated rings. The number of aromatic nitrogens is 2. The van der Waals surface area contributed by atoms with Crippen molar-refractivity contribution in [2.24, 2.45) is 0 Å². The van der Waals surface area contributed by atoms with E-state index in [-0.39, 0.29) is 10.6 Å². The first kappa shape index (κ1) is 16.0. The van der Waals surface area contributed by atoms with Crippen molar-refractivity contribution in [1.82, 2.24) is 9.38 Å². The van der Waals surface area contributed by atoms with Gasteiger partial charge in [0.15, 0.2) is 15.5 Å². The average Bonchev–Trinajstić information content (AvgIpc) is 3.00. The molecule has 0 aliphatic heterocycles. The van der Waals surface area contributed by atoms with Crippen molar-refractivity contribution in [3.05, 3.63) is 60.0 Å². The van der Waals surface area contributed by atoms with E-state index in [4.69, 9.17) is 0 Å². The lowest BCUT2D eigenvalue weighted by atomic mass is 10.2. The maximum absolute atomic E-state index is 11.6. The Morgan fingerprint density at radius 1 is 1.29 bits per heavy atom. The fourth-order valence-electron chi connectivity index (χ4n) is 2.44. The SMILES string of the molecule is CS(=O)(=O)c1cccc(CNc2ccc3nccn3c2C(=O)O)c1. The number of hydrogen-bond donors (Lipinski definition) is 2.